The third-order valence-corrected chi connectivity index (χ3v) is 13.8. The summed E-state index contributed by atoms with van der Waals surface area (Å²) in [5.41, 5.74) is 2.04. The maximum absolute atomic E-state index is 13.7. The summed E-state index contributed by atoms with van der Waals surface area (Å²) >= 11 is 0. The Balaban J connectivity index is 1.13. The van der Waals surface area contributed by atoms with Gasteiger partial charge in [-0.1, -0.05) is 43.3 Å². The molecule has 0 unspecified atom stereocenters. The van der Waals surface area contributed by atoms with Crippen LogP contribution in [0.25, 0.3) is 10.8 Å². The van der Waals surface area contributed by atoms with Gasteiger partial charge in [-0.05, 0) is 97.6 Å². The largest absolute Gasteiger partial charge is 0.507 e. The first-order valence-electron chi connectivity index (χ1n) is 20.2. The third kappa shape index (κ3) is 6.42. The zero-order chi connectivity index (χ0) is 41.1. The quantitative estimate of drug-likeness (QED) is 0.103. The Morgan fingerprint density at radius 3 is 2.55 bits per heavy atom. The van der Waals surface area contributed by atoms with Crippen LogP contribution in [0.1, 0.15) is 77.3 Å². The molecule has 13 heteroatoms. The van der Waals surface area contributed by atoms with Crippen molar-refractivity contribution in [3.63, 3.8) is 0 Å². The van der Waals surface area contributed by atoms with E-state index in [9.17, 15) is 45.3 Å². The fourth-order valence-corrected chi connectivity index (χ4v) is 10.9. The maximum atomic E-state index is 13.7. The van der Waals surface area contributed by atoms with Crippen molar-refractivity contribution < 1.29 is 64.3 Å². The molecule has 3 aromatic carbocycles. The van der Waals surface area contributed by atoms with Gasteiger partial charge in [0.2, 0.25) is 6.29 Å². The lowest BCUT2D eigenvalue weighted by Gasteiger charge is -2.57. The number of aliphatic hydroxyl groups is 4. The highest BCUT2D eigenvalue weighted by molar-refractivity contribution is 6.11. The average Bonchev–Trinajstić information content (AvgIpc) is 3.59. The Morgan fingerprint density at radius 2 is 1.83 bits per heavy atom. The van der Waals surface area contributed by atoms with E-state index in [1.165, 1.54) is 12.5 Å². The van der Waals surface area contributed by atoms with Gasteiger partial charge in [-0.3, -0.25) is 4.79 Å². The molecule has 2 aliphatic carbocycles. The molecule has 1 saturated carbocycles. The minimum absolute atomic E-state index is 0.00296. The maximum Gasteiger partial charge on any atom is 0.335 e. The lowest BCUT2D eigenvalue weighted by atomic mass is 9.51. The predicted molar refractivity (Wildman–Crippen MR) is 210 cm³/mol. The van der Waals surface area contributed by atoms with Crippen molar-refractivity contribution in [2.24, 2.45) is 23.2 Å². The van der Waals surface area contributed by atoms with Crippen LogP contribution in [0.2, 0.25) is 0 Å². The van der Waals surface area contributed by atoms with Gasteiger partial charge in [-0.25, -0.2) is 4.79 Å². The number of carboxylic acid groups (broad SMARTS) is 1. The Hall–Kier alpha value is -4.34. The van der Waals surface area contributed by atoms with Crippen LogP contribution in [0.15, 0.2) is 65.3 Å². The summed E-state index contributed by atoms with van der Waals surface area (Å²) in [6.07, 6.45) is -0.681. The zero-order valence-corrected chi connectivity index (χ0v) is 32.7. The molecular weight excluding hydrogens is 748 g/mol. The first-order chi connectivity index (χ1) is 27.9. The fourth-order valence-electron chi connectivity index (χ4n) is 10.9. The number of hydrogen-bond donors (Lipinski definition) is 7. The molecule has 1 spiro atoms. The van der Waals surface area contributed by atoms with Gasteiger partial charge in [-0.2, -0.15) is 0 Å². The van der Waals surface area contributed by atoms with E-state index in [-0.39, 0.29) is 82.4 Å². The summed E-state index contributed by atoms with van der Waals surface area (Å²) in [6, 6.07) is 11.5. The van der Waals surface area contributed by atoms with Crippen molar-refractivity contribution in [2.75, 3.05) is 33.0 Å². The number of carbonyl (C=O) groups is 2. The van der Waals surface area contributed by atoms with Gasteiger partial charge < -0.3 is 54.7 Å². The molecule has 13 nitrogen and oxygen atoms in total. The molecule has 3 heterocycles. The number of Topliss-reactive ketones (excluding diaryl/α,β-unsaturated/α-hetero) is 1. The minimum Gasteiger partial charge on any atom is -0.507 e. The van der Waals surface area contributed by atoms with Crippen LogP contribution in [-0.2, 0) is 20.6 Å². The van der Waals surface area contributed by atoms with Crippen molar-refractivity contribution in [3.8, 4) is 17.2 Å². The van der Waals surface area contributed by atoms with Gasteiger partial charge in [0, 0.05) is 36.0 Å². The predicted octanol–water partition coefficient (Wildman–Crippen LogP) is 4.74. The molecule has 0 amide bonds. The van der Waals surface area contributed by atoms with Gasteiger partial charge in [0.25, 0.3) is 0 Å². The van der Waals surface area contributed by atoms with Crippen molar-refractivity contribution in [1.29, 1.82) is 0 Å². The normalized spacial score (nSPS) is 31.8. The molecule has 8 rings (SSSR count). The summed E-state index contributed by atoms with van der Waals surface area (Å²) in [6.45, 7) is 4.38. The molecule has 0 bridgehead atoms. The second kappa shape index (κ2) is 15.7. The van der Waals surface area contributed by atoms with E-state index in [1.54, 1.807) is 0 Å². The number of ether oxygens (including phenoxy) is 4. The number of aliphatic hydroxyl groups excluding tert-OH is 4. The molecular formula is C45H52O13. The molecule has 0 aromatic heterocycles. The number of rotatable bonds is 11. The molecule has 0 radical (unpaired) electrons. The van der Waals surface area contributed by atoms with E-state index < -0.39 is 60.1 Å². The number of carboxylic acids is 1. The smallest absolute Gasteiger partial charge is 0.335 e. The summed E-state index contributed by atoms with van der Waals surface area (Å²) < 4.78 is 25.2. The second-order valence-corrected chi connectivity index (χ2v) is 16.7. The number of hydrogen-bond acceptors (Lipinski definition) is 12. The second-order valence-electron chi connectivity index (χ2n) is 16.7. The highest BCUT2D eigenvalue weighted by atomic mass is 16.7. The van der Waals surface area contributed by atoms with Crippen LogP contribution in [0, 0.1) is 30.1 Å². The number of carbonyl (C=O) groups excluding carboxylic acids is 1. The molecule has 9 atom stereocenters. The number of aromatic carboxylic acids is 1. The molecule has 7 N–H and O–H groups in total. The van der Waals surface area contributed by atoms with Gasteiger partial charge in [-0.15, -0.1) is 0 Å². The van der Waals surface area contributed by atoms with Crippen molar-refractivity contribution in [3.05, 3.63) is 87.5 Å². The van der Waals surface area contributed by atoms with Gasteiger partial charge in [0.05, 0.1) is 36.3 Å². The average molecular weight is 801 g/mol. The third-order valence-electron chi connectivity index (χ3n) is 13.8. The van der Waals surface area contributed by atoms with Crippen LogP contribution in [0.3, 0.4) is 0 Å². The van der Waals surface area contributed by atoms with Crippen molar-refractivity contribution >= 4 is 22.5 Å². The Kier molecular flexibility index (Phi) is 10.9. The van der Waals surface area contributed by atoms with Crippen molar-refractivity contribution in [2.45, 2.75) is 89.0 Å². The number of aromatic hydroxyl groups is 2. The van der Waals surface area contributed by atoms with E-state index in [2.05, 4.69) is 13.0 Å². The SMILES string of the molecule is Cc1c(C(=O)CCc2ccccc2)c(O)c2c(O[C@@H]3O[C@H](CO)[C@]4(C[C@@H]5C6=C(CC=C6[C@]6(CCCO)COCC[C@H]6[C@H]5C)CO4)[C@H](O)[C@H]3O)cc(C(=O)O)cc2c1O. The summed E-state index contributed by atoms with van der Waals surface area (Å²) in [7, 11) is 0. The number of phenols is 2. The summed E-state index contributed by atoms with van der Waals surface area (Å²) in [5, 5.41) is 77.7. The summed E-state index contributed by atoms with van der Waals surface area (Å²) in [4.78, 5) is 26.0. The summed E-state index contributed by atoms with van der Waals surface area (Å²) in [5.74, 6) is -2.98. The van der Waals surface area contributed by atoms with Crippen LogP contribution < -0.4 is 4.74 Å². The fraction of sp³-hybridized carbons (Fsp3) is 0.511. The van der Waals surface area contributed by atoms with Gasteiger partial charge in [0.1, 0.15) is 41.2 Å². The number of ketones is 1. The highest BCUT2D eigenvalue weighted by Gasteiger charge is 2.63. The number of allylic oxidation sites excluding steroid dienone is 2. The van der Waals surface area contributed by atoms with E-state index in [0.29, 0.717) is 32.5 Å². The van der Waals surface area contributed by atoms with E-state index in [0.717, 1.165) is 41.7 Å². The highest BCUT2D eigenvalue weighted by Crippen LogP contribution is 2.63. The molecule has 3 aliphatic heterocycles. The molecule has 3 fully saturated rings. The Bertz CT molecular complexity index is 2160. The van der Waals surface area contributed by atoms with Gasteiger partial charge in [0.15, 0.2) is 5.78 Å². The van der Waals surface area contributed by atoms with E-state index in [4.69, 9.17) is 18.9 Å². The lowest BCUT2D eigenvalue weighted by Crippen LogP contribution is -2.69. The topological polar surface area (TPSA) is 213 Å². The van der Waals surface area contributed by atoms with Crippen LogP contribution in [0.4, 0.5) is 0 Å². The van der Waals surface area contributed by atoms with Gasteiger partial charge >= 0.3 is 5.97 Å². The number of benzene rings is 3. The molecule has 2 saturated heterocycles. The Morgan fingerprint density at radius 1 is 1.05 bits per heavy atom. The van der Waals surface area contributed by atoms with E-state index >= 15 is 0 Å². The molecule has 3 aromatic rings. The number of fused-ring (bicyclic) bond motifs is 3. The first-order valence-corrected chi connectivity index (χ1v) is 20.2. The number of phenolic OH excluding ortho intramolecular Hbond substituents is 2. The van der Waals surface area contributed by atoms with Crippen LogP contribution >= 0.6 is 0 Å². The molecule has 58 heavy (non-hydrogen) atoms. The van der Waals surface area contributed by atoms with Crippen LogP contribution in [-0.4, -0.2) is 111 Å². The molecule has 310 valence electrons. The van der Waals surface area contributed by atoms with Crippen molar-refractivity contribution in [1.82, 2.24) is 0 Å². The zero-order valence-electron chi connectivity index (χ0n) is 32.7. The van der Waals surface area contributed by atoms with Crippen LogP contribution in [0.5, 0.6) is 17.2 Å². The minimum atomic E-state index is -1.80. The standard InChI is InChI=1S/C45H52O13/c1-23-29-19-45(56-21-26-10-11-31(36(26)29)44(14-6-15-46)22-55-16-13-30(23)44)34(20-47)58-43(40(51)41(45)52)57-33-18-27(42(53)54)17-28-37(33)39(50)35(24(2)38(28)49)32(48)12-9-25-7-4-3-5-8-25/h3-5,7-8,11,17-18,23,29-30,34,40-41,43,46-47,49-52H,6,9-10,12-16,19-22H2,1-2H3,(H,53,54)/t23-,29-,30-,34+,40+,41+,43+,44+,45+/m0/s1. The first kappa shape index (κ1) is 40.4. The lowest BCUT2D eigenvalue weighted by molar-refractivity contribution is -0.325. The Labute approximate surface area is 336 Å². The van der Waals surface area contributed by atoms with E-state index in [1.807, 2.05) is 30.3 Å². The molecule has 5 aliphatic rings. The number of aryl methyl sites for hydroxylation is 1. The monoisotopic (exact) mass is 800 g/mol.